The van der Waals surface area contributed by atoms with Gasteiger partial charge in [0.1, 0.15) is 5.82 Å². The van der Waals surface area contributed by atoms with E-state index in [0.29, 0.717) is 5.56 Å². The smallest absolute Gasteiger partial charge is 0.130 e. The van der Waals surface area contributed by atoms with E-state index >= 15 is 0 Å². The van der Waals surface area contributed by atoms with Crippen molar-refractivity contribution in [2.45, 2.75) is 13.8 Å². The maximum absolute atomic E-state index is 8.90. The predicted octanol–water partition coefficient (Wildman–Crippen LogP) is 4.08. The summed E-state index contributed by atoms with van der Waals surface area (Å²) in [5.74, 6) is 0.772. The zero-order valence-corrected chi connectivity index (χ0v) is 11.7. The SMILES string of the molecule is Cc1cc(Nc2cc(C#N)ccc2C)ncc1Br. The number of hydrogen-bond acceptors (Lipinski definition) is 3. The molecule has 0 saturated carbocycles. The van der Waals surface area contributed by atoms with Crippen LogP contribution in [0, 0.1) is 25.2 Å². The van der Waals surface area contributed by atoms with Gasteiger partial charge in [-0.1, -0.05) is 6.07 Å². The molecule has 1 heterocycles. The van der Waals surface area contributed by atoms with E-state index in [-0.39, 0.29) is 0 Å². The molecule has 2 aromatic rings. The van der Waals surface area contributed by atoms with E-state index in [1.807, 2.05) is 32.0 Å². The van der Waals surface area contributed by atoms with E-state index in [1.165, 1.54) is 0 Å². The number of rotatable bonds is 2. The first-order valence-corrected chi connectivity index (χ1v) is 6.29. The topological polar surface area (TPSA) is 48.7 Å². The summed E-state index contributed by atoms with van der Waals surface area (Å²) in [6.07, 6.45) is 1.77. The first-order chi connectivity index (χ1) is 8.60. The van der Waals surface area contributed by atoms with Crippen LogP contribution in [-0.2, 0) is 0 Å². The molecule has 0 aliphatic rings. The normalized spacial score (nSPS) is 9.89. The maximum atomic E-state index is 8.90. The quantitative estimate of drug-likeness (QED) is 0.909. The molecule has 2 rings (SSSR count). The number of aryl methyl sites for hydroxylation is 2. The maximum Gasteiger partial charge on any atom is 0.130 e. The molecule has 18 heavy (non-hydrogen) atoms. The molecule has 0 radical (unpaired) electrons. The van der Waals surface area contributed by atoms with Crippen LogP contribution >= 0.6 is 15.9 Å². The van der Waals surface area contributed by atoms with Gasteiger partial charge in [-0.2, -0.15) is 5.26 Å². The van der Waals surface area contributed by atoms with E-state index < -0.39 is 0 Å². The Kier molecular flexibility index (Phi) is 3.63. The molecule has 4 heteroatoms. The van der Waals surface area contributed by atoms with Crippen LogP contribution in [-0.4, -0.2) is 4.98 Å². The predicted molar refractivity (Wildman–Crippen MR) is 75.9 cm³/mol. The molecule has 3 nitrogen and oxygen atoms in total. The molecule has 0 amide bonds. The van der Waals surface area contributed by atoms with Crippen molar-refractivity contribution in [1.82, 2.24) is 4.98 Å². The molecule has 90 valence electrons. The van der Waals surface area contributed by atoms with Crippen molar-refractivity contribution in [3.05, 3.63) is 51.6 Å². The largest absolute Gasteiger partial charge is 0.340 e. The van der Waals surface area contributed by atoms with Gasteiger partial charge in [-0.25, -0.2) is 4.98 Å². The van der Waals surface area contributed by atoms with Gasteiger partial charge in [0.15, 0.2) is 0 Å². The molecular weight excluding hydrogens is 290 g/mol. The van der Waals surface area contributed by atoms with Gasteiger partial charge in [-0.3, -0.25) is 0 Å². The van der Waals surface area contributed by atoms with E-state index in [0.717, 1.165) is 27.1 Å². The first-order valence-electron chi connectivity index (χ1n) is 5.50. The lowest BCUT2D eigenvalue weighted by Crippen LogP contribution is -1.97. The lowest BCUT2D eigenvalue weighted by atomic mass is 10.1. The fraction of sp³-hybridized carbons (Fsp3) is 0.143. The van der Waals surface area contributed by atoms with Gasteiger partial charge < -0.3 is 5.32 Å². The van der Waals surface area contributed by atoms with Crippen molar-refractivity contribution in [3.63, 3.8) is 0 Å². The van der Waals surface area contributed by atoms with Gasteiger partial charge >= 0.3 is 0 Å². The molecule has 0 aliphatic carbocycles. The highest BCUT2D eigenvalue weighted by Crippen LogP contribution is 2.23. The van der Waals surface area contributed by atoms with Crippen molar-refractivity contribution in [2.75, 3.05) is 5.32 Å². The lowest BCUT2D eigenvalue weighted by Gasteiger charge is -2.10. The summed E-state index contributed by atoms with van der Waals surface area (Å²) in [5.41, 5.74) is 3.73. The van der Waals surface area contributed by atoms with Crippen molar-refractivity contribution in [3.8, 4) is 6.07 Å². The molecule has 0 saturated heterocycles. The fourth-order valence-electron chi connectivity index (χ4n) is 1.57. The minimum Gasteiger partial charge on any atom is -0.340 e. The van der Waals surface area contributed by atoms with Crippen LogP contribution in [0.25, 0.3) is 0 Å². The Morgan fingerprint density at radius 2 is 2.00 bits per heavy atom. The van der Waals surface area contributed by atoms with Crippen LogP contribution < -0.4 is 5.32 Å². The van der Waals surface area contributed by atoms with Gasteiger partial charge in [-0.05, 0) is 59.1 Å². The summed E-state index contributed by atoms with van der Waals surface area (Å²) in [7, 11) is 0. The van der Waals surface area contributed by atoms with Crippen molar-refractivity contribution in [1.29, 1.82) is 5.26 Å². The molecule has 0 atom stereocenters. The van der Waals surface area contributed by atoms with E-state index in [1.54, 1.807) is 12.3 Å². The molecule has 0 bridgehead atoms. The average molecular weight is 302 g/mol. The van der Waals surface area contributed by atoms with Crippen LogP contribution in [0.2, 0.25) is 0 Å². The number of nitrogens with one attached hydrogen (secondary N) is 1. The Balaban J connectivity index is 2.33. The number of anilines is 2. The summed E-state index contributed by atoms with van der Waals surface area (Å²) >= 11 is 3.42. The number of halogens is 1. The Morgan fingerprint density at radius 1 is 1.22 bits per heavy atom. The number of benzene rings is 1. The Labute approximate surface area is 115 Å². The molecular formula is C14H12BrN3. The van der Waals surface area contributed by atoms with Gasteiger partial charge in [0, 0.05) is 16.4 Å². The first kappa shape index (κ1) is 12.6. The monoisotopic (exact) mass is 301 g/mol. The highest BCUT2D eigenvalue weighted by atomic mass is 79.9. The van der Waals surface area contributed by atoms with Gasteiger partial charge in [-0.15, -0.1) is 0 Å². The summed E-state index contributed by atoms with van der Waals surface area (Å²) in [4.78, 5) is 4.29. The second kappa shape index (κ2) is 5.19. The van der Waals surface area contributed by atoms with Crippen LogP contribution in [0.15, 0.2) is 34.9 Å². The molecule has 0 unspecified atom stereocenters. The van der Waals surface area contributed by atoms with Crippen LogP contribution in [0.4, 0.5) is 11.5 Å². The van der Waals surface area contributed by atoms with Gasteiger partial charge in [0.2, 0.25) is 0 Å². The summed E-state index contributed by atoms with van der Waals surface area (Å²) in [6, 6.07) is 9.65. The Morgan fingerprint density at radius 3 is 2.67 bits per heavy atom. The summed E-state index contributed by atoms with van der Waals surface area (Å²) in [6.45, 7) is 4.00. The molecule has 0 aliphatic heterocycles. The zero-order valence-electron chi connectivity index (χ0n) is 10.2. The molecule has 1 aromatic heterocycles. The van der Waals surface area contributed by atoms with E-state index in [9.17, 15) is 0 Å². The summed E-state index contributed by atoms with van der Waals surface area (Å²) in [5, 5.41) is 12.1. The Bertz CT molecular complexity index is 629. The number of aromatic nitrogens is 1. The van der Waals surface area contributed by atoms with Crippen molar-refractivity contribution < 1.29 is 0 Å². The number of hydrogen-bond donors (Lipinski definition) is 1. The fourth-order valence-corrected chi connectivity index (χ4v) is 1.79. The third kappa shape index (κ3) is 2.69. The summed E-state index contributed by atoms with van der Waals surface area (Å²) < 4.78 is 0.982. The van der Waals surface area contributed by atoms with Crippen molar-refractivity contribution in [2.24, 2.45) is 0 Å². The van der Waals surface area contributed by atoms with Crippen LogP contribution in [0.3, 0.4) is 0 Å². The second-order valence-electron chi connectivity index (χ2n) is 4.09. The average Bonchev–Trinajstić information content (AvgIpc) is 2.36. The Hall–Kier alpha value is -1.86. The standard InChI is InChI=1S/C14H12BrN3/c1-9-3-4-11(7-16)6-13(9)18-14-5-10(2)12(15)8-17-14/h3-6,8H,1-2H3,(H,17,18). The van der Waals surface area contributed by atoms with E-state index in [2.05, 4.69) is 32.3 Å². The molecule has 0 fully saturated rings. The van der Waals surface area contributed by atoms with E-state index in [4.69, 9.17) is 5.26 Å². The second-order valence-corrected chi connectivity index (χ2v) is 4.94. The van der Waals surface area contributed by atoms with Crippen LogP contribution in [0.1, 0.15) is 16.7 Å². The number of pyridine rings is 1. The van der Waals surface area contributed by atoms with Gasteiger partial charge in [0.25, 0.3) is 0 Å². The highest BCUT2D eigenvalue weighted by Gasteiger charge is 2.03. The molecule has 0 spiro atoms. The lowest BCUT2D eigenvalue weighted by molar-refractivity contribution is 1.24. The third-order valence-corrected chi connectivity index (χ3v) is 3.51. The molecule has 1 N–H and O–H groups in total. The van der Waals surface area contributed by atoms with Crippen molar-refractivity contribution >= 4 is 27.4 Å². The third-order valence-electron chi connectivity index (χ3n) is 2.68. The number of nitriles is 1. The number of nitrogens with zero attached hydrogens (tertiary/aromatic N) is 2. The minimum absolute atomic E-state index is 0.636. The highest BCUT2D eigenvalue weighted by molar-refractivity contribution is 9.10. The zero-order chi connectivity index (χ0) is 13.1. The molecule has 1 aromatic carbocycles. The van der Waals surface area contributed by atoms with Crippen LogP contribution in [0.5, 0.6) is 0 Å². The van der Waals surface area contributed by atoms with Gasteiger partial charge in [0.05, 0.1) is 11.6 Å². The minimum atomic E-state index is 0.636.